The molecule has 0 aromatic carbocycles. The van der Waals surface area contributed by atoms with E-state index in [9.17, 15) is 0 Å². The predicted molar refractivity (Wildman–Crippen MR) is 80.2 cm³/mol. The van der Waals surface area contributed by atoms with Crippen molar-refractivity contribution in [2.75, 3.05) is 24.6 Å². The van der Waals surface area contributed by atoms with Crippen LogP contribution in [0.4, 0.5) is 0 Å². The Hall–Kier alpha value is 0.01000. The van der Waals surface area contributed by atoms with Gasteiger partial charge in [0.15, 0.2) is 0 Å². The summed E-state index contributed by atoms with van der Waals surface area (Å²) in [7, 11) is 0. The van der Waals surface area contributed by atoms with Gasteiger partial charge in [-0.25, -0.2) is 0 Å². The van der Waals surface area contributed by atoms with Gasteiger partial charge in [0.2, 0.25) is 0 Å². The van der Waals surface area contributed by atoms with Crippen molar-refractivity contribution in [1.82, 2.24) is 5.32 Å². The minimum atomic E-state index is 1.03. The molecular weight excluding hydrogens is 246 g/mol. The maximum absolute atomic E-state index is 3.53. The summed E-state index contributed by atoms with van der Waals surface area (Å²) in [6.45, 7) is 2.30. The first kappa shape index (κ1) is 13.4. The molecule has 1 nitrogen and oxygen atoms in total. The minimum absolute atomic E-state index is 1.03. The van der Waals surface area contributed by atoms with Crippen molar-refractivity contribution in [3.05, 3.63) is 22.4 Å². The molecule has 96 valence electrons. The van der Waals surface area contributed by atoms with Gasteiger partial charge in [0.25, 0.3) is 0 Å². The van der Waals surface area contributed by atoms with Gasteiger partial charge in [-0.1, -0.05) is 18.9 Å². The molecule has 1 saturated carbocycles. The van der Waals surface area contributed by atoms with Crippen molar-refractivity contribution in [3.8, 4) is 0 Å². The monoisotopic (exact) mass is 269 g/mol. The van der Waals surface area contributed by atoms with Crippen LogP contribution in [0, 0.1) is 5.92 Å². The van der Waals surface area contributed by atoms with E-state index >= 15 is 0 Å². The van der Waals surface area contributed by atoms with Crippen LogP contribution < -0.4 is 5.32 Å². The normalized spacial score (nSPS) is 16.7. The van der Waals surface area contributed by atoms with Crippen molar-refractivity contribution in [2.24, 2.45) is 5.92 Å². The average molecular weight is 269 g/mol. The highest BCUT2D eigenvalue weighted by atomic mass is 32.2. The lowest BCUT2D eigenvalue weighted by molar-refractivity contribution is 0.622. The van der Waals surface area contributed by atoms with E-state index in [1.54, 1.807) is 0 Å². The molecule has 0 atom stereocenters. The molecule has 0 spiro atoms. The molecular formula is C14H23NS2. The molecule has 1 heterocycles. The van der Waals surface area contributed by atoms with Gasteiger partial charge >= 0.3 is 0 Å². The highest BCUT2D eigenvalue weighted by molar-refractivity contribution is 7.99. The van der Waals surface area contributed by atoms with Gasteiger partial charge in [0, 0.05) is 17.2 Å². The summed E-state index contributed by atoms with van der Waals surface area (Å²) in [6.07, 6.45) is 7.11. The van der Waals surface area contributed by atoms with Crippen LogP contribution in [-0.2, 0) is 6.42 Å². The van der Waals surface area contributed by atoms with Crippen molar-refractivity contribution < 1.29 is 0 Å². The van der Waals surface area contributed by atoms with Gasteiger partial charge in [-0.15, -0.1) is 11.3 Å². The van der Waals surface area contributed by atoms with Crippen LogP contribution in [0.25, 0.3) is 0 Å². The van der Waals surface area contributed by atoms with Crippen LogP contribution >= 0.6 is 23.1 Å². The number of thiophene rings is 1. The molecule has 1 fully saturated rings. The number of thioether (sulfide) groups is 1. The lowest BCUT2D eigenvalue weighted by Crippen LogP contribution is -2.20. The molecule has 1 aromatic rings. The number of nitrogens with one attached hydrogen (secondary N) is 1. The Kier molecular flexibility index (Phi) is 6.46. The molecule has 0 aliphatic heterocycles. The number of rotatable bonds is 8. The van der Waals surface area contributed by atoms with Crippen LogP contribution in [0.3, 0.4) is 0 Å². The number of hydrogen-bond donors (Lipinski definition) is 1. The van der Waals surface area contributed by atoms with Gasteiger partial charge in [-0.05, 0) is 48.9 Å². The lowest BCUT2D eigenvalue weighted by atomic mass is 10.1. The van der Waals surface area contributed by atoms with Crippen molar-refractivity contribution in [2.45, 2.75) is 32.1 Å². The third-order valence-corrected chi connectivity index (χ3v) is 5.52. The molecule has 1 aliphatic carbocycles. The van der Waals surface area contributed by atoms with Crippen molar-refractivity contribution in [3.63, 3.8) is 0 Å². The largest absolute Gasteiger partial charge is 0.316 e. The van der Waals surface area contributed by atoms with Crippen LogP contribution in [0.15, 0.2) is 17.5 Å². The van der Waals surface area contributed by atoms with Gasteiger partial charge in [-0.2, -0.15) is 11.8 Å². The highest BCUT2D eigenvalue weighted by Crippen LogP contribution is 2.27. The third kappa shape index (κ3) is 5.45. The molecule has 3 heteroatoms. The van der Waals surface area contributed by atoms with E-state index in [0.29, 0.717) is 0 Å². The quantitative estimate of drug-likeness (QED) is 0.720. The Morgan fingerprint density at radius 3 is 2.94 bits per heavy atom. The molecule has 0 bridgehead atoms. The van der Waals surface area contributed by atoms with E-state index in [2.05, 4.69) is 34.6 Å². The van der Waals surface area contributed by atoms with Gasteiger partial charge in [0.1, 0.15) is 0 Å². The van der Waals surface area contributed by atoms with E-state index < -0.39 is 0 Å². The summed E-state index contributed by atoms with van der Waals surface area (Å²) in [5.41, 5.74) is 0. The minimum Gasteiger partial charge on any atom is -0.316 e. The van der Waals surface area contributed by atoms with E-state index in [1.807, 2.05) is 11.3 Å². The van der Waals surface area contributed by atoms with Crippen molar-refractivity contribution >= 4 is 23.1 Å². The van der Waals surface area contributed by atoms with Crippen LogP contribution in [0.5, 0.6) is 0 Å². The molecule has 1 aromatic heterocycles. The molecule has 1 aliphatic rings. The Bertz CT molecular complexity index is 278. The first-order valence-corrected chi connectivity index (χ1v) is 8.79. The van der Waals surface area contributed by atoms with Crippen LogP contribution in [0.1, 0.15) is 30.6 Å². The first-order valence-electron chi connectivity index (χ1n) is 6.76. The van der Waals surface area contributed by atoms with Crippen molar-refractivity contribution in [1.29, 1.82) is 0 Å². The summed E-state index contributed by atoms with van der Waals surface area (Å²) >= 11 is 4.00. The maximum Gasteiger partial charge on any atom is 0.00582 e. The van der Waals surface area contributed by atoms with E-state index in [0.717, 1.165) is 12.5 Å². The first-order chi connectivity index (χ1) is 8.45. The van der Waals surface area contributed by atoms with Gasteiger partial charge in [-0.3, -0.25) is 0 Å². The lowest BCUT2D eigenvalue weighted by Gasteiger charge is -2.08. The zero-order valence-corrected chi connectivity index (χ0v) is 12.1. The van der Waals surface area contributed by atoms with Gasteiger partial charge in [0.05, 0.1) is 0 Å². The molecule has 0 saturated heterocycles. The predicted octanol–water partition coefficient (Wildman–Crippen LogP) is 3.80. The second-order valence-electron chi connectivity index (χ2n) is 4.80. The van der Waals surface area contributed by atoms with E-state index in [1.165, 1.54) is 55.0 Å². The fourth-order valence-corrected chi connectivity index (χ4v) is 4.19. The fraction of sp³-hybridized carbons (Fsp3) is 0.714. The highest BCUT2D eigenvalue weighted by Gasteiger charge is 2.13. The molecule has 0 amide bonds. The second kappa shape index (κ2) is 8.17. The third-order valence-electron chi connectivity index (χ3n) is 3.38. The van der Waals surface area contributed by atoms with Gasteiger partial charge < -0.3 is 5.32 Å². The molecule has 0 unspecified atom stereocenters. The zero-order valence-electron chi connectivity index (χ0n) is 10.5. The summed E-state index contributed by atoms with van der Waals surface area (Å²) in [5, 5.41) is 5.69. The zero-order chi connectivity index (χ0) is 11.8. The number of hydrogen-bond acceptors (Lipinski definition) is 3. The molecule has 17 heavy (non-hydrogen) atoms. The van der Waals surface area contributed by atoms with E-state index in [4.69, 9.17) is 0 Å². The Morgan fingerprint density at radius 1 is 1.29 bits per heavy atom. The standard InChI is InChI=1S/C14H23NS2/c1-2-5-13(4-1)12-16-11-9-15-8-7-14-6-3-10-17-14/h3,6,10,13,15H,1-2,4-5,7-9,11-12H2. The maximum atomic E-state index is 3.53. The average Bonchev–Trinajstić information content (AvgIpc) is 3.00. The molecule has 0 radical (unpaired) electrons. The SMILES string of the molecule is c1csc(CCNCCSCC2CCCC2)c1. The van der Waals surface area contributed by atoms with Crippen LogP contribution in [-0.4, -0.2) is 24.6 Å². The Balaban J connectivity index is 1.39. The Morgan fingerprint density at radius 2 is 2.18 bits per heavy atom. The summed E-state index contributed by atoms with van der Waals surface area (Å²) in [4.78, 5) is 1.50. The smallest absolute Gasteiger partial charge is 0.00582 e. The van der Waals surface area contributed by atoms with E-state index in [-0.39, 0.29) is 0 Å². The Labute approximate surface area is 113 Å². The fourth-order valence-electron chi connectivity index (χ4n) is 2.36. The summed E-state index contributed by atoms with van der Waals surface area (Å²) in [6, 6.07) is 4.36. The second-order valence-corrected chi connectivity index (χ2v) is 6.99. The summed E-state index contributed by atoms with van der Waals surface area (Å²) < 4.78 is 0. The van der Waals surface area contributed by atoms with Crippen LogP contribution in [0.2, 0.25) is 0 Å². The molecule has 1 N–H and O–H groups in total. The molecule has 2 rings (SSSR count). The summed E-state index contributed by atoms with van der Waals surface area (Å²) in [5.74, 6) is 3.71. The topological polar surface area (TPSA) is 12.0 Å².